The second kappa shape index (κ2) is 2.93. The summed E-state index contributed by atoms with van der Waals surface area (Å²) in [5.41, 5.74) is 4.81. The van der Waals surface area contributed by atoms with Crippen LogP contribution in [0.2, 0.25) is 0 Å². The van der Waals surface area contributed by atoms with Crippen LogP contribution >= 0.6 is 0 Å². The second-order valence-corrected chi connectivity index (χ2v) is 2.82. The number of hydrogen-bond acceptors (Lipinski definition) is 2. The predicted octanol–water partition coefficient (Wildman–Crippen LogP) is -0.130. The summed E-state index contributed by atoms with van der Waals surface area (Å²) in [6.07, 6.45) is -4.33. The van der Waals surface area contributed by atoms with Gasteiger partial charge in [-0.2, -0.15) is 13.2 Å². The lowest BCUT2D eigenvalue weighted by Crippen LogP contribution is -2.37. The highest BCUT2D eigenvalue weighted by Crippen LogP contribution is 2.33. The van der Waals surface area contributed by atoms with Crippen LogP contribution in [0.5, 0.6) is 0 Å². The third kappa shape index (κ3) is 1.69. The largest absolute Gasteiger partial charge is 0.393 e. The summed E-state index contributed by atoms with van der Waals surface area (Å²) in [6, 6.07) is 0. The first-order chi connectivity index (χ1) is 5.43. The molecule has 6 heteroatoms. The standard InChI is InChI=1S/C6H9F3N2O/c7-6(8,9)4-2-11-1-3(4)5(10)12/h3-4,11H,1-2H2,(H2,10,12)/t3-,4-/m0/s1. The van der Waals surface area contributed by atoms with Gasteiger partial charge in [-0.05, 0) is 0 Å². The van der Waals surface area contributed by atoms with Gasteiger partial charge in [0.1, 0.15) is 0 Å². The lowest BCUT2D eigenvalue weighted by molar-refractivity contribution is -0.181. The van der Waals surface area contributed by atoms with E-state index in [4.69, 9.17) is 5.73 Å². The fourth-order valence-corrected chi connectivity index (χ4v) is 1.32. The van der Waals surface area contributed by atoms with E-state index in [0.29, 0.717) is 0 Å². The van der Waals surface area contributed by atoms with E-state index in [1.807, 2.05) is 0 Å². The van der Waals surface area contributed by atoms with Gasteiger partial charge in [0.25, 0.3) is 0 Å². The summed E-state index contributed by atoms with van der Waals surface area (Å²) in [5, 5.41) is 2.49. The molecule has 2 atom stereocenters. The zero-order valence-electron chi connectivity index (χ0n) is 6.19. The van der Waals surface area contributed by atoms with E-state index in [0.717, 1.165) is 0 Å². The van der Waals surface area contributed by atoms with Crippen LogP contribution in [-0.2, 0) is 4.79 Å². The molecule has 1 aliphatic rings. The molecule has 12 heavy (non-hydrogen) atoms. The molecule has 1 fully saturated rings. The molecule has 1 saturated heterocycles. The van der Waals surface area contributed by atoms with Crippen molar-refractivity contribution in [3.63, 3.8) is 0 Å². The lowest BCUT2D eigenvalue weighted by atomic mass is 9.95. The number of halogens is 3. The first-order valence-corrected chi connectivity index (χ1v) is 3.49. The molecule has 1 rings (SSSR count). The van der Waals surface area contributed by atoms with Crippen LogP contribution in [0.25, 0.3) is 0 Å². The SMILES string of the molecule is NC(=O)[C@H]1CNC[C@@H]1C(F)(F)F. The van der Waals surface area contributed by atoms with Gasteiger partial charge < -0.3 is 11.1 Å². The Morgan fingerprint density at radius 1 is 1.42 bits per heavy atom. The van der Waals surface area contributed by atoms with E-state index in [2.05, 4.69) is 5.32 Å². The Morgan fingerprint density at radius 2 is 2.00 bits per heavy atom. The van der Waals surface area contributed by atoms with E-state index in [9.17, 15) is 18.0 Å². The van der Waals surface area contributed by atoms with Crippen molar-refractivity contribution < 1.29 is 18.0 Å². The molecule has 0 aromatic rings. The van der Waals surface area contributed by atoms with E-state index in [-0.39, 0.29) is 13.1 Å². The summed E-state index contributed by atoms with van der Waals surface area (Å²) < 4.78 is 36.4. The third-order valence-corrected chi connectivity index (χ3v) is 2.00. The number of nitrogens with one attached hydrogen (secondary N) is 1. The van der Waals surface area contributed by atoms with Crippen LogP contribution in [0.15, 0.2) is 0 Å². The van der Waals surface area contributed by atoms with Gasteiger partial charge >= 0.3 is 6.18 Å². The van der Waals surface area contributed by atoms with E-state index in [1.54, 1.807) is 0 Å². The topological polar surface area (TPSA) is 55.1 Å². The second-order valence-electron chi connectivity index (χ2n) is 2.82. The molecule has 0 bridgehead atoms. The van der Waals surface area contributed by atoms with Gasteiger partial charge in [0, 0.05) is 13.1 Å². The molecule has 3 N–H and O–H groups in total. The van der Waals surface area contributed by atoms with Crippen molar-refractivity contribution in [3.8, 4) is 0 Å². The maximum absolute atomic E-state index is 12.1. The summed E-state index contributed by atoms with van der Waals surface area (Å²) in [5.74, 6) is -3.61. The number of carbonyl (C=O) groups is 1. The lowest BCUT2D eigenvalue weighted by Gasteiger charge is -2.18. The Labute approximate surface area is 67.1 Å². The molecule has 0 aliphatic carbocycles. The zero-order chi connectivity index (χ0) is 9.35. The molecule has 0 aromatic carbocycles. The highest BCUT2D eigenvalue weighted by molar-refractivity contribution is 5.77. The van der Waals surface area contributed by atoms with Crippen molar-refractivity contribution >= 4 is 5.91 Å². The van der Waals surface area contributed by atoms with E-state index >= 15 is 0 Å². The fourth-order valence-electron chi connectivity index (χ4n) is 1.32. The van der Waals surface area contributed by atoms with Crippen molar-refractivity contribution in [2.24, 2.45) is 17.6 Å². The van der Waals surface area contributed by atoms with Gasteiger partial charge in [-0.25, -0.2) is 0 Å². The number of amides is 1. The predicted molar refractivity (Wildman–Crippen MR) is 35.1 cm³/mol. The van der Waals surface area contributed by atoms with Crippen LogP contribution in [-0.4, -0.2) is 25.2 Å². The van der Waals surface area contributed by atoms with E-state index < -0.39 is 23.9 Å². The van der Waals surface area contributed by atoms with Crippen molar-refractivity contribution in [2.45, 2.75) is 6.18 Å². The average molecular weight is 182 g/mol. The fraction of sp³-hybridized carbons (Fsp3) is 0.833. The van der Waals surface area contributed by atoms with Gasteiger partial charge in [-0.15, -0.1) is 0 Å². The maximum Gasteiger partial charge on any atom is 0.393 e. The number of hydrogen-bond donors (Lipinski definition) is 2. The highest BCUT2D eigenvalue weighted by atomic mass is 19.4. The number of alkyl halides is 3. The molecule has 0 radical (unpaired) electrons. The zero-order valence-corrected chi connectivity index (χ0v) is 6.19. The third-order valence-electron chi connectivity index (χ3n) is 2.00. The van der Waals surface area contributed by atoms with Crippen molar-refractivity contribution in [1.82, 2.24) is 5.32 Å². The normalized spacial score (nSPS) is 30.6. The first-order valence-electron chi connectivity index (χ1n) is 3.49. The van der Waals surface area contributed by atoms with Crippen LogP contribution in [0.4, 0.5) is 13.2 Å². The Bertz CT molecular complexity index is 192. The van der Waals surface area contributed by atoms with E-state index in [1.165, 1.54) is 0 Å². The number of nitrogens with two attached hydrogens (primary N) is 1. The smallest absolute Gasteiger partial charge is 0.369 e. The Morgan fingerprint density at radius 3 is 2.33 bits per heavy atom. The van der Waals surface area contributed by atoms with Crippen LogP contribution < -0.4 is 11.1 Å². The number of rotatable bonds is 1. The monoisotopic (exact) mass is 182 g/mol. The van der Waals surface area contributed by atoms with Crippen molar-refractivity contribution in [2.75, 3.05) is 13.1 Å². The minimum Gasteiger partial charge on any atom is -0.369 e. The quantitative estimate of drug-likeness (QED) is 0.593. The number of carbonyl (C=O) groups excluding carboxylic acids is 1. The molecule has 0 aromatic heterocycles. The van der Waals surface area contributed by atoms with Crippen LogP contribution in [0.1, 0.15) is 0 Å². The van der Waals surface area contributed by atoms with Crippen molar-refractivity contribution in [3.05, 3.63) is 0 Å². The minimum atomic E-state index is -4.33. The van der Waals surface area contributed by atoms with Crippen LogP contribution in [0, 0.1) is 11.8 Å². The maximum atomic E-state index is 12.1. The van der Waals surface area contributed by atoms with Crippen molar-refractivity contribution in [1.29, 1.82) is 0 Å². The summed E-state index contributed by atoms with van der Waals surface area (Å²) >= 11 is 0. The molecule has 0 unspecified atom stereocenters. The molecule has 1 amide bonds. The van der Waals surface area contributed by atoms with Gasteiger partial charge in [0.15, 0.2) is 0 Å². The Hall–Kier alpha value is -0.780. The minimum absolute atomic E-state index is 0.0273. The van der Waals surface area contributed by atoms with Crippen LogP contribution in [0.3, 0.4) is 0 Å². The van der Waals surface area contributed by atoms with Gasteiger partial charge in [0.05, 0.1) is 11.8 Å². The summed E-state index contributed by atoms with van der Waals surface area (Å²) in [4.78, 5) is 10.5. The summed E-state index contributed by atoms with van der Waals surface area (Å²) in [6.45, 7) is -0.184. The Balaban J connectivity index is 2.71. The molecule has 70 valence electrons. The number of primary amides is 1. The van der Waals surface area contributed by atoms with Gasteiger partial charge in [0.2, 0.25) is 5.91 Å². The molecule has 3 nitrogen and oxygen atoms in total. The molecule has 1 aliphatic heterocycles. The molecule has 0 saturated carbocycles. The van der Waals surface area contributed by atoms with Gasteiger partial charge in [-0.3, -0.25) is 4.79 Å². The van der Waals surface area contributed by atoms with Gasteiger partial charge in [-0.1, -0.05) is 0 Å². The average Bonchev–Trinajstić information content (AvgIpc) is 2.30. The highest BCUT2D eigenvalue weighted by Gasteiger charge is 2.49. The Kier molecular flexibility index (Phi) is 2.27. The molecule has 0 spiro atoms. The molecular weight excluding hydrogens is 173 g/mol. The molecule has 1 heterocycles. The first kappa shape index (κ1) is 9.31. The molecular formula is C6H9F3N2O. The summed E-state index contributed by atoms with van der Waals surface area (Å²) in [7, 11) is 0.